The zero-order valence-electron chi connectivity index (χ0n) is 12.9. The summed E-state index contributed by atoms with van der Waals surface area (Å²) in [5, 5.41) is 8.99. The number of aliphatic carboxylic acids is 1. The van der Waals surface area contributed by atoms with E-state index in [4.69, 9.17) is 15.6 Å². The van der Waals surface area contributed by atoms with Gasteiger partial charge in [-0.1, -0.05) is 0 Å². The van der Waals surface area contributed by atoms with Gasteiger partial charge in [-0.3, -0.25) is 9.59 Å². The summed E-state index contributed by atoms with van der Waals surface area (Å²) in [5.41, 5.74) is 4.17. The summed E-state index contributed by atoms with van der Waals surface area (Å²) in [4.78, 5) is 23.2. The molecule has 1 unspecified atom stereocenters. The van der Waals surface area contributed by atoms with E-state index in [2.05, 4.69) is 0 Å². The predicted octanol–water partition coefficient (Wildman–Crippen LogP) is 2.02. The van der Waals surface area contributed by atoms with Crippen molar-refractivity contribution in [2.24, 2.45) is 11.7 Å². The van der Waals surface area contributed by atoms with Crippen molar-refractivity contribution in [2.45, 2.75) is 38.8 Å². The first-order chi connectivity index (χ1) is 10.4. The fraction of sp³-hybridized carbons (Fsp3) is 0.467. The Hall–Kier alpha value is -2.09. The van der Waals surface area contributed by atoms with Crippen LogP contribution < -0.4 is 5.73 Å². The van der Waals surface area contributed by atoms with E-state index < -0.39 is 53.4 Å². The van der Waals surface area contributed by atoms with Gasteiger partial charge in [-0.15, -0.1) is 0 Å². The first-order valence-corrected chi connectivity index (χ1v) is 6.77. The van der Waals surface area contributed by atoms with Gasteiger partial charge in [-0.2, -0.15) is 0 Å². The summed E-state index contributed by atoms with van der Waals surface area (Å²) < 4.78 is 44.9. The van der Waals surface area contributed by atoms with E-state index in [-0.39, 0.29) is 5.56 Å². The molecule has 1 aromatic carbocycles. The van der Waals surface area contributed by atoms with Crippen LogP contribution >= 0.6 is 0 Å². The van der Waals surface area contributed by atoms with E-state index in [0.29, 0.717) is 12.1 Å². The number of halogens is 3. The Labute approximate surface area is 131 Å². The average molecular weight is 333 g/mol. The molecule has 0 spiro atoms. The lowest BCUT2D eigenvalue weighted by atomic mass is 9.92. The lowest BCUT2D eigenvalue weighted by Gasteiger charge is -2.26. The second kappa shape index (κ2) is 6.99. The van der Waals surface area contributed by atoms with Crippen molar-refractivity contribution in [3.05, 3.63) is 35.1 Å². The minimum absolute atomic E-state index is 0.323. The monoisotopic (exact) mass is 333 g/mol. The summed E-state index contributed by atoms with van der Waals surface area (Å²) in [5.74, 6) is -7.71. The summed E-state index contributed by atoms with van der Waals surface area (Å²) in [6.45, 7) is 4.69. The molecule has 0 aliphatic carbocycles. The van der Waals surface area contributed by atoms with Crippen molar-refractivity contribution in [3.8, 4) is 0 Å². The van der Waals surface area contributed by atoms with Gasteiger partial charge in [0.2, 0.25) is 0 Å². The van der Waals surface area contributed by atoms with Crippen molar-refractivity contribution < 1.29 is 32.6 Å². The predicted molar refractivity (Wildman–Crippen MR) is 75.0 cm³/mol. The molecule has 0 radical (unpaired) electrons. The maximum atomic E-state index is 13.7. The van der Waals surface area contributed by atoms with Crippen LogP contribution in [0, 0.1) is 23.4 Å². The Morgan fingerprint density at radius 1 is 1.17 bits per heavy atom. The number of esters is 1. The zero-order chi connectivity index (χ0) is 17.9. The topological polar surface area (TPSA) is 89.6 Å². The average Bonchev–Trinajstić information content (AvgIpc) is 2.38. The van der Waals surface area contributed by atoms with E-state index >= 15 is 0 Å². The molecule has 23 heavy (non-hydrogen) atoms. The van der Waals surface area contributed by atoms with E-state index in [9.17, 15) is 22.8 Å². The van der Waals surface area contributed by atoms with Crippen molar-refractivity contribution in [1.82, 2.24) is 0 Å². The minimum Gasteiger partial charge on any atom is -0.480 e. The molecule has 128 valence electrons. The number of benzene rings is 1. The van der Waals surface area contributed by atoms with Crippen LogP contribution in [0.2, 0.25) is 0 Å². The van der Waals surface area contributed by atoms with Gasteiger partial charge >= 0.3 is 11.9 Å². The number of carboxylic acid groups (broad SMARTS) is 1. The summed E-state index contributed by atoms with van der Waals surface area (Å²) in [7, 11) is 0. The summed E-state index contributed by atoms with van der Waals surface area (Å²) in [6, 6.07) is -0.794. The van der Waals surface area contributed by atoms with Crippen LogP contribution in [-0.2, 0) is 20.7 Å². The van der Waals surface area contributed by atoms with Crippen LogP contribution in [0.25, 0.3) is 0 Å². The van der Waals surface area contributed by atoms with Gasteiger partial charge in [0.15, 0.2) is 11.6 Å². The van der Waals surface area contributed by atoms with Gasteiger partial charge in [0.1, 0.15) is 17.5 Å². The number of nitrogens with two attached hydrogens (primary N) is 1. The van der Waals surface area contributed by atoms with Crippen LogP contribution in [0.5, 0.6) is 0 Å². The number of carboxylic acids is 1. The number of carbonyl (C=O) groups excluding carboxylic acids is 1. The fourth-order valence-corrected chi connectivity index (χ4v) is 1.86. The maximum Gasteiger partial charge on any atom is 0.321 e. The van der Waals surface area contributed by atoms with Gasteiger partial charge in [0.25, 0.3) is 0 Å². The molecule has 0 aliphatic heterocycles. The van der Waals surface area contributed by atoms with Gasteiger partial charge in [-0.25, -0.2) is 13.2 Å². The standard InChI is InChI=1S/C15H18F3NO4/c1-15(2,3)23-14(22)8(12(19)13(20)21)4-7-5-10(17)11(18)6-9(7)16/h5-6,8,12H,4,19H2,1-3H3,(H,20,21)/t8-,12?/m1/s1. The first-order valence-electron chi connectivity index (χ1n) is 6.77. The van der Waals surface area contributed by atoms with Gasteiger partial charge in [0, 0.05) is 6.07 Å². The molecule has 0 fully saturated rings. The van der Waals surface area contributed by atoms with Crippen molar-refractivity contribution in [3.63, 3.8) is 0 Å². The normalized spacial score (nSPS) is 14.2. The van der Waals surface area contributed by atoms with Crippen LogP contribution in [0.15, 0.2) is 12.1 Å². The quantitative estimate of drug-likeness (QED) is 0.635. The van der Waals surface area contributed by atoms with Gasteiger partial charge in [0.05, 0.1) is 5.92 Å². The minimum atomic E-state index is -1.68. The Morgan fingerprint density at radius 2 is 1.70 bits per heavy atom. The largest absolute Gasteiger partial charge is 0.480 e. The van der Waals surface area contributed by atoms with E-state index in [1.807, 2.05) is 0 Å². The number of hydrogen-bond donors (Lipinski definition) is 2. The Kier molecular flexibility index (Phi) is 5.76. The number of carbonyl (C=O) groups is 2. The van der Waals surface area contributed by atoms with Crippen LogP contribution in [0.4, 0.5) is 13.2 Å². The smallest absolute Gasteiger partial charge is 0.321 e. The van der Waals surface area contributed by atoms with Crippen LogP contribution in [-0.4, -0.2) is 28.7 Å². The van der Waals surface area contributed by atoms with Crippen molar-refractivity contribution >= 4 is 11.9 Å². The third-order valence-corrected chi connectivity index (χ3v) is 2.96. The lowest BCUT2D eigenvalue weighted by molar-refractivity contribution is -0.163. The Balaban J connectivity index is 3.14. The molecule has 1 rings (SSSR count). The molecule has 5 nitrogen and oxygen atoms in total. The molecule has 0 amide bonds. The number of ether oxygens (including phenoxy) is 1. The second-order valence-corrected chi connectivity index (χ2v) is 6.07. The van der Waals surface area contributed by atoms with Gasteiger partial charge < -0.3 is 15.6 Å². The summed E-state index contributed by atoms with van der Waals surface area (Å²) >= 11 is 0. The lowest BCUT2D eigenvalue weighted by Crippen LogP contribution is -2.45. The van der Waals surface area contributed by atoms with E-state index in [0.717, 1.165) is 0 Å². The molecule has 0 saturated carbocycles. The molecule has 1 aromatic rings. The molecule has 0 aliphatic rings. The summed E-state index contributed by atoms with van der Waals surface area (Å²) in [6.07, 6.45) is -0.536. The zero-order valence-corrected chi connectivity index (χ0v) is 12.9. The maximum absolute atomic E-state index is 13.7. The second-order valence-electron chi connectivity index (χ2n) is 6.07. The third-order valence-electron chi connectivity index (χ3n) is 2.96. The molecule has 0 aromatic heterocycles. The highest BCUT2D eigenvalue weighted by Gasteiger charge is 2.35. The molecule has 8 heteroatoms. The Bertz CT molecular complexity index is 613. The molecule has 2 atom stereocenters. The number of rotatable bonds is 5. The molecule has 0 heterocycles. The highest BCUT2D eigenvalue weighted by molar-refractivity contribution is 5.83. The van der Waals surface area contributed by atoms with E-state index in [1.54, 1.807) is 20.8 Å². The highest BCUT2D eigenvalue weighted by Crippen LogP contribution is 2.21. The molecular formula is C15H18F3NO4. The van der Waals surface area contributed by atoms with Gasteiger partial charge in [-0.05, 0) is 38.8 Å². The molecule has 3 N–H and O–H groups in total. The highest BCUT2D eigenvalue weighted by atomic mass is 19.2. The number of hydrogen-bond acceptors (Lipinski definition) is 4. The Morgan fingerprint density at radius 3 is 2.17 bits per heavy atom. The van der Waals surface area contributed by atoms with Crippen LogP contribution in [0.1, 0.15) is 26.3 Å². The fourth-order valence-electron chi connectivity index (χ4n) is 1.86. The molecule has 0 bridgehead atoms. The van der Waals surface area contributed by atoms with Crippen molar-refractivity contribution in [1.29, 1.82) is 0 Å². The SMILES string of the molecule is CC(C)(C)OC(=O)[C@H](Cc1cc(F)c(F)cc1F)C(N)C(=O)O. The molecule has 0 saturated heterocycles. The van der Waals surface area contributed by atoms with E-state index in [1.165, 1.54) is 0 Å². The first kappa shape index (κ1) is 19.0. The molecular weight excluding hydrogens is 315 g/mol. The van der Waals surface area contributed by atoms with Crippen molar-refractivity contribution in [2.75, 3.05) is 0 Å². The van der Waals surface area contributed by atoms with Crippen LogP contribution in [0.3, 0.4) is 0 Å². The third kappa shape index (κ3) is 5.24.